The Bertz CT molecular complexity index is 547. The first kappa shape index (κ1) is 18.1. The second-order valence-corrected chi connectivity index (χ2v) is 8.49. The molecule has 0 aliphatic carbocycles. The van der Waals surface area contributed by atoms with Crippen molar-refractivity contribution in [1.29, 1.82) is 0 Å². The van der Waals surface area contributed by atoms with Crippen molar-refractivity contribution in [2.45, 2.75) is 95.2 Å². The minimum atomic E-state index is -1.24. The molecule has 0 saturated carbocycles. The maximum Gasteiger partial charge on any atom is 0.230 e. The van der Waals surface area contributed by atoms with E-state index in [4.69, 9.17) is 33.2 Å². The largest absolute Gasteiger partial charge is 0.394 e. The van der Waals surface area contributed by atoms with Gasteiger partial charge in [-0.2, -0.15) is 0 Å². The Labute approximate surface area is 147 Å². The Morgan fingerprint density at radius 2 is 1.44 bits per heavy atom. The molecule has 4 heterocycles. The smallest absolute Gasteiger partial charge is 0.230 e. The van der Waals surface area contributed by atoms with Crippen LogP contribution < -0.4 is 0 Å². The number of ether oxygens (including phenoxy) is 7. The van der Waals surface area contributed by atoms with Crippen LogP contribution in [0.5, 0.6) is 0 Å². The van der Waals surface area contributed by atoms with Gasteiger partial charge in [0, 0.05) is 0 Å². The molecule has 0 amide bonds. The normalized spacial score (nSPS) is 49.8. The monoisotopic (exact) mass is 360 g/mol. The SMILES string of the molecule is CC1(C)OC2[C@@H](CO[C@@]3([C@H]4OC(C)(C)O[C@@H]4CO)OC(C)(C)O[C@@H]23)O1. The summed E-state index contributed by atoms with van der Waals surface area (Å²) in [5.74, 6) is -3.73. The van der Waals surface area contributed by atoms with Gasteiger partial charge in [-0.1, -0.05) is 0 Å². The lowest BCUT2D eigenvalue weighted by Crippen LogP contribution is -2.66. The molecule has 4 rings (SSSR count). The number of aliphatic hydroxyl groups excluding tert-OH is 1. The number of rotatable bonds is 2. The minimum absolute atomic E-state index is 0.216. The molecule has 4 saturated heterocycles. The molecular weight excluding hydrogens is 332 g/mol. The van der Waals surface area contributed by atoms with Crippen LogP contribution in [-0.2, 0) is 33.2 Å². The van der Waals surface area contributed by atoms with E-state index >= 15 is 0 Å². The van der Waals surface area contributed by atoms with Gasteiger partial charge in [-0.3, -0.25) is 0 Å². The van der Waals surface area contributed by atoms with Gasteiger partial charge in [-0.15, -0.1) is 0 Å². The first-order chi connectivity index (χ1) is 11.5. The van der Waals surface area contributed by atoms with E-state index in [9.17, 15) is 5.11 Å². The lowest BCUT2D eigenvalue weighted by atomic mass is 9.90. The molecule has 0 aromatic heterocycles. The summed E-state index contributed by atoms with van der Waals surface area (Å²) in [4.78, 5) is 0. The highest BCUT2D eigenvalue weighted by Crippen LogP contribution is 2.52. The highest BCUT2D eigenvalue weighted by Gasteiger charge is 2.71. The van der Waals surface area contributed by atoms with Crippen LogP contribution in [-0.4, -0.2) is 72.0 Å². The third-order valence-electron chi connectivity index (χ3n) is 4.97. The number of hydrogen-bond acceptors (Lipinski definition) is 8. The van der Waals surface area contributed by atoms with Crippen molar-refractivity contribution < 1.29 is 38.3 Å². The molecule has 0 aromatic rings. The molecule has 8 heteroatoms. The van der Waals surface area contributed by atoms with Crippen molar-refractivity contribution in [1.82, 2.24) is 0 Å². The van der Waals surface area contributed by atoms with Crippen molar-refractivity contribution in [3.05, 3.63) is 0 Å². The van der Waals surface area contributed by atoms with Crippen molar-refractivity contribution in [3.8, 4) is 0 Å². The van der Waals surface area contributed by atoms with Gasteiger partial charge >= 0.3 is 0 Å². The topological polar surface area (TPSA) is 84.8 Å². The summed E-state index contributed by atoms with van der Waals surface area (Å²) in [6.07, 6.45) is -2.44. The zero-order valence-electron chi connectivity index (χ0n) is 15.6. The molecule has 0 spiro atoms. The Balaban J connectivity index is 1.71. The maximum absolute atomic E-state index is 9.80. The zero-order chi connectivity index (χ0) is 18.3. The van der Waals surface area contributed by atoms with Crippen molar-refractivity contribution in [3.63, 3.8) is 0 Å². The van der Waals surface area contributed by atoms with E-state index in [0.29, 0.717) is 0 Å². The lowest BCUT2D eigenvalue weighted by Gasteiger charge is -2.44. The van der Waals surface area contributed by atoms with Gasteiger partial charge in [0.25, 0.3) is 0 Å². The van der Waals surface area contributed by atoms with Crippen LogP contribution in [0.25, 0.3) is 0 Å². The van der Waals surface area contributed by atoms with Gasteiger partial charge in [0.2, 0.25) is 5.79 Å². The summed E-state index contributed by atoms with van der Waals surface area (Å²) in [7, 11) is 0. The summed E-state index contributed by atoms with van der Waals surface area (Å²) in [6, 6.07) is 0. The van der Waals surface area contributed by atoms with Crippen LogP contribution >= 0.6 is 0 Å². The molecule has 1 N–H and O–H groups in total. The first-order valence-electron chi connectivity index (χ1n) is 8.81. The predicted molar refractivity (Wildman–Crippen MR) is 83.5 cm³/mol. The molecule has 4 aliphatic rings. The molecule has 1 unspecified atom stereocenters. The van der Waals surface area contributed by atoms with E-state index in [1.54, 1.807) is 13.8 Å². The van der Waals surface area contributed by atoms with Crippen molar-refractivity contribution in [2.24, 2.45) is 0 Å². The summed E-state index contributed by atoms with van der Waals surface area (Å²) in [6.45, 7) is 11.0. The van der Waals surface area contributed by atoms with E-state index in [2.05, 4.69) is 0 Å². The second kappa shape index (κ2) is 5.36. The van der Waals surface area contributed by atoms with Crippen molar-refractivity contribution >= 4 is 0 Å². The van der Waals surface area contributed by atoms with Gasteiger partial charge in [0.1, 0.15) is 30.5 Å². The number of aliphatic hydroxyl groups is 1. The standard InChI is InChI=1S/C17H28O8/c1-14(2)21-10-8-19-17(12-9(7-18)20-15(3,4)23-12)13(11(10)22-14)24-16(5,6)25-17/h9-13,18H,7-8H2,1-6H3/t9-,10-,11?,12+,13+,17+/m1/s1. The van der Waals surface area contributed by atoms with Gasteiger partial charge in [0.15, 0.2) is 17.4 Å². The third kappa shape index (κ3) is 2.83. The summed E-state index contributed by atoms with van der Waals surface area (Å²) >= 11 is 0. The van der Waals surface area contributed by atoms with E-state index in [-0.39, 0.29) is 25.4 Å². The predicted octanol–water partition coefficient (Wildman–Crippen LogP) is 0.897. The van der Waals surface area contributed by atoms with Crippen LogP contribution in [0.2, 0.25) is 0 Å². The molecular formula is C17H28O8. The fourth-order valence-electron chi connectivity index (χ4n) is 4.33. The van der Waals surface area contributed by atoms with E-state index < -0.39 is 41.5 Å². The van der Waals surface area contributed by atoms with Gasteiger partial charge in [-0.05, 0) is 41.5 Å². The van der Waals surface area contributed by atoms with Crippen molar-refractivity contribution in [2.75, 3.05) is 13.2 Å². The average molecular weight is 360 g/mol. The van der Waals surface area contributed by atoms with Gasteiger partial charge in [0.05, 0.1) is 13.2 Å². The first-order valence-corrected chi connectivity index (χ1v) is 8.81. The molecule has 0 aromatic carbocycles. The molecule has 6 atom stereocenters. The summed E-state index contributed by atoms with van der Waals surface area (Å²) in [5, 5.41) is 9.80. The highest BCUT2D eigenvalue weighted by atomic mass is 16.9. The van der Waals surface area contributed by atoms with Gasteiger partial charge in [-0.25, -0.2) is 0 Å². The molecule has 8 nitrogen and oxygen atoms in total. The van der Waals surface area contributed by atoms with Crippen LogP contribution in [0.1, 0.15) is 41.5 Å². The van der Waals surface area contributed by atoms with E-state index in [1.165, 1.54) is 0 Å². The molecule has 144 valence electrons. The van der Waals surface area contributed by atoms with E-state index in [0.717, 1.165) is 0 Å². The van der Waals surface area contributed by atoms with Gasteiger partial charge < -0.3 is 38.3 Å². The third-order valence-corrected chi connectivity index (χ3v) is 4.97. The maximum atomic E-state index is 9.80. The van der Waals surface area contributed by atoms with E-state index in [1.807, 2.05) is 27.7 Å². The second-order valence-electron chi connectivity index (χ2n) is 8.49. The Kier molecular flexibility index (Phi) is 3.87. The minimum Gasteiger partial charge on any atom is -0.394 e. The molecule has 0 radical (unpaired) electrons. The Morgan fingerprint density at radius 1 is 0.800 bits per heavy atom. The van der Waals surface area contributed by atoms with Crippen LogP contribution in [0, 0.1) is 0 Å². The van der Waals surface area contributed by atoms with Crippen LogP contribution in [0.4, 0.5) is 0 Å². The molecule has 4 aliphatic heterocycles. The molecule has 0 bridgehead atoms. The van der Waals surface area contributed by atoms with Crippen LogP contribution in [0.3, 0.4) is 0 Å². The summed E-state index contributed by atoms with van der Waals surface area (Å²) < 4.78 is 42.5. The fraction of sp³-hybridized carbons (Fsp3) is 1.00. The molecule has 25 heavy (non-hydrogen) atoms. The highest BCUT2D eigenvalue weighted by molar-refractivity contribution is 5.09. The fourth-order valence-corrected chi connectivity index (χ4v) is 4.33. The van der Waals surface area contributed by atoms with Crippen LogP contribution in [0.15, 0.2) is 0 Å². The Morgan fingerprint density at radius 3 is 2.12 bits per heavy atom. The summed E-state index contributed by atoms with van der Waals surface area (Å²) in [5.41, 5.74) is 0. The lowest BCUT2D eigenvalue weighted by molar-refractivity contribution is -0.327. The zero-order valence-corrected chi connectivity index (χ0v) is 15.6. The average Bonchev–Trinajstić information content (AvgIpc) is 3.05. The number of fused-ring (bicyclic) bond motifs is 3. The molecule has 4 fully saturated rings. The quantitative estimate of drug-likeness (QED) is 0.777. The Hall–Kier alpha value is -0.320. The number of hydrogen-bond donors (Lipinski definition) is 1.